The maximum absolute atomic E-state index is 13.1. The third-order valence-electron chi connectivity index (χ3n) is 5.05. The second-order valence-electron chi connectivity index (χ2n) is 8.87. The summed E-state index contributed by atoms with van der Waals surface area (Å²) in [6.45, 7) is 0. The first-order valence-electron chi connectivity index (χ1n) is 11.1. The topological polar surface area (TPSA) is 501 Å². The van der Waals surface area contributed by atoms with Gasteiger partial charge in [-0.1, -0.05) is 0 Å². The van der Waals surface area contributed by atoms with Crippen molar-refractivity contribution < 1.29 is 143 Å². The molecule has 0 amide bonds. The maximum atomic E-state index is 13.1. The summed E-state index contributed by atoms with van der Waals surface area (Å²) < 4.78 is 101. The van der Waals surface area contributed by atoms with E-state index >= 15 is 0 Å². The predicted molar refractivity (Wildman–Crippen MR) is 135 cm³/mol. The normalized spacial score (nSPS) is 26.1. The molecule has 282 valence electrons. The number of carbonyl (C=O) groups is 3. The number of aliphatic carboxylic acids is 3. The van der Waals surface area contributed by atoms with Gasteiger partial charge in [-0.05, 0) is 0 Å². The third kappa shape index (κ3) is 15.5. The lowest BCUT2D eigenvalue weighted by Gasteiger charge is -2.48. The summed E-state index contributed by atoms with van der Waals surface area (Å²) in [4.78, 5) is 139. The van der Waals surface area contributed by atoms with Crippen LogP contribution in [0, 0.1) is 0 Å². The number of hydrogen-bond donors (Lipinski definition) is 14. The van der Waals surface area contributed by atoms with Crippen LogP contribution in [0.25, 0.3) is 0 Å². The van der Waals surface area contributed by atoms with Gasteiger partial charge >= 0.3 is 64.8 Å². The third-order valence-corrected chi connectivity index (χ3v) is 8.73. The molecule has 1 rings (SSSR count). The molecule has 1 aliphatic carbocycles. The summed E-state index contributed by atoms with van der Waals surface area (Å²) in [5, 5.41) is 27.6. The molecule has 0 bridgehead atoms. The van der Waals surface area contributed by atoms with E-state index in [4.69, 9.17) is 10.2 Å². The van der Waals surface area contributed by atoms with Crippen LogP contribution in [-0.2, 0) is 73.4 Å². The number of phosphoric ester groups is 6. The van der Waals surface area contributed by atoms with E-state index in [1.165, 1.54) is 0 Å². The maximum Gasteiger partial charge on any atom is 0.473 e. The highest BCUT2D eigenvalue weighted by atomic mass is 31.2. The number of carboxylic acid groups (broad SMARTS) is 3. The Labute approximate surface area is 262 Å². The molecule has 0 saturated heterocycles. The molecule has 3 unspecified atom stereocenters. The number of hydrogen-bond acceptors (Lipinski definition) is 16. The van der Waals surface area contributed by atoms with E-state index in [1.807, 2.05) is 0 Å². The summed E-state index contributed by atoms with van der Waals surface area (Å²) in [6.07, 6.45) is -24.8. The first-order valence-corrected chi connectivity index (χ1v) is 20.3. The molecule has 0 aliphatic heterocycles. The fraction of sp³-hybridized carbons (Fsp3) is 0.750. The van der Waals surface area contributed by atoms with Crippen LogP contribution in [0.15, 0.2) is 0 Å². The zero-order chi connectivity index (χ0) is 38.1. The predicted octanol–water partition coefficient (Wildman–Crippen LogP) is -3.34. The molecule has 0 heterocycles. The second-order valence-corrected chi connectivity index (χ2v) is 16.2. The van der Waals surface area contributed by atoms with Gasteiger partial charge in [0.1, 0.15) is 36.6 Å². The summed E-state index contributed by atoms with van der Waals surface area (Å²) in [6, 6.07) is 0. The Morgan fingerprint density at radius 3 is 0.812 bits per heavy atom. The Morgan fingerprint density at radius 1 is 0.438 bits per heavy atom. The first kappa shape index (κ1) is 45.1. The quantitative estimate of drug-likeness (QED) is 0.0566. The Bertz CT molecular complexity index is 1410. The van der Waals surface area contributed by atoms with Crippen molar-refractivity contribution in [3.8, 4) is 0 Å². The zero-order valence-corrected chi connectivity index (χ0v) is 27.7. The molecule has 0 aromatic heterocycles. The molecule has 36 heteroatoms. The molecule has 7 atom stereocenters. The largest absolute Gasteiger partial charge is 0.481 e. The fourth-order valence-corrected chi connectivity index (χ4v) is 7.86. The van der Waals surface area contributed by atoms with Crippen LogP contribution in [0.4, 0.5) is 0 Å². The van der Waals surface area contributed by atoms with Gasteiger partial charge in [-0.2, -0.15) is 0 Å². The van der Waals surface area contributed by atoms with Crippen molar-refractivity contribution in [1.82, 2.24) is 0 Å². The van der Waals surface area contributed by atoms with Crippen molar-refractivity contribution in [2.75, 3.05) is 0 Å². The lowest BCUT2D eigenvalue weighted by atomic mass is 9.85. The average molecular weight is 834 g/mol. The molecule has 14 N–H and O–H groups in total. The van der Waals surface area contributed by atoms with Crippen LogP contribution in [0.3, 0.4) is 0 Å². The highest BCUT2D eigenvalue weighted by Crippen LogP contribution is 2.59. The van der Waals surface area contributed by atoms with E-state index in [1.54, 1.807) is 0 Å². The Balaban J connectivity index is 4.24. The Morgan fingerprint density at radius 2 is 0.646 bits per heavy atom. The van der Waals surface area contributed by atoms with E-state index in [9.17, 15) is 101 Å². The number of phosphoric acid groups is 6. The molecule has 30 nitrogen and oxygen atoms in total. The van der Waals surface area contributed by atoms with Gasteiger partial charge in [-0.3, -0.25) is 41.3 Å². The van der Waals surface area contributed by atoms with Gasteiger partial charge in [0.25, 0.3) is 0 Å². The number of carboxylic acids is 3. The molecule has 0 aromatic rings. The lowest BCUT2D eigenvalue weighted by molar-refractivity contribution is -0.204. The van der Waals surface area contributed by atoms with Gasteiger partial charge in [0.05, 0.1) is 12.8 Å². The van der Waals surface area contributed by atoms with Crippen LogP contribution in [0.5, 0.6) is 0 Å². The van der Waals surface area contributed by atoms with Gasteiger partial charge in [0.2, 0.25) is 0 Å². The van der Waals surface area contributed by atoms with E-state index < -0.39 is 120 Å². The summed E-state index contributed by atoms with van der Waals surface area (Å²) >= 11 is 0. The van der Waals surface area contributed by atoms with Crippen molar-refractivity contribution in [2.45, 2.75) is 55.1 Å². The molecule has 0 spiro atoms. The van der Waals surface area contributed by atoms with Crippen molar-refractivity contribution in [3.05, 3.63) is 0 Å². The van der Waals surface area contributed by atoms with Gasteiger partial charge in [-0.25, -0.2) is 32.2 Å². The molecular formula is C12H24O30P6. The van der Waals surface area contributed by atoms with Gasteiger partial charge in [-0.15, -0.1) is 0 Å². The molecule has 1 aliphatic rings. The molecule has 0 aromatic carbocycles. The molecular weight excluding hydrogens is 810 g/mol. The standard InChI is InChI=1S/C12H24O30P6/c13-3(14)1-12(11(17)18,2-4(15)16)42-48(34,35)41-10-8(39-46(28,29)30)6(37-44(22,23)24)5(36-43(19,20)21)7(38-45(25,26)27)9(10)40-47(31,32)33/h5-10H,1-2H2,(H,13,14)(H,15,16)(H,17,18)(H,34,35)(H2,19,20,21)(H2,22,23,24)(H2,25,26,27)(H2,28,29,30)(H2,31,32,33)/t5?,6-,7+,8-,9-,10?/m0/s1. The summed E-state index contributed by atoms with van der Waals surface area (Å²) in [7, 11) is -38.1. The smallest absolute Gasteiger partial charge is 0.473 e. The second kappa shape index (κ2) is 15.8. The Hall–Kier alpha value is -0.930. The van der Waals surface area contributed by atoms with Crippen molar-refractivity contribution >= 4 is 64.8 Å². The Kier molecular flexibility index (Phi) is 14.8. The van der Waals surface area contributed by atoms with Crippen LogP contribution in [-0.4, -0.2) is 129 Å². The van der Waals surface area contributed by atoms with Crippen LogP contribution >= 0.6 is 46.9 Å². The minimum absolute atomic E-state index is 2.01. The minimum atomic E-state index is -6.74. The minimum Gasteiger partial charge on any atom is -0.481 e. The van der Waals surface area contributed by atoms with Crippen LogP contribution in [0.1, 0.15) is 12.8 Å². The van der Waals surface area contributed by atoms with E-state index in [0.29, 0.717) is 0 Å². The van der Waals surface area contributed by atoms with Gasteiger partial charge < -0.3 is 69.1 Å². The summed E-state index contributed by atoms with van der Waals surface area (Å²) in [5.41, 5.74) is -3.84. The molecule has 48 heavy (non-hydrogen) atoms. The van der Waals surface area contributed by atoms with Crippen molar-refractivity contribution in [3.63, 3.8) is 0 Å². The first-order chi connectivity index (χ1) is 21.1. The molecule has 1 fully saturated rings. The zero-order valence-electron chi connectivity index (χ0n) is 22.4. The fourth-order valence-electron chi connectivity index (χ4n) is 3.84. The average Bonchev–Trinajstić information content (AvgIpc) is 2.75. The SMILES string of the molecule is O=C(O)CC(CC(=O)O)(OP(=O)(O)OC1[C@@H](OP(=O)(O)O)[C@H](OP(=O)(O)O)C(OP(=O)(O)O)[C@H](OP(=O)(O)O)[C@@H]1OP(=O)(O)O)C(=O)O. The molecule has 1 saturated carbocycles. The summed E-state index contributed by atoms with van der Waals surface area (Å²) in [5.74, 6) is -7.13. The van der Waals surface area contributed by atoms with Crippen molar-refractivity contribution in [2.24, 2.45) is 0 Å². The van der Waals surface area contributed by atoms with Gasteiger partial charge in [0.15, 0.2) is 5.60 Å². The highest BCUT2D eigenvalue weighted by Gasteiger charge is 2.63. The van der Waals surface area contributed by atoms with E-state index in [-0.39, 0.29) is 0 Å². The van der Waals surface area contributed by atoms with Crippen LogP contribution < -0.4 is 0 Å². The van der Waals surface area contributed by atoms with E-state index in [0.717, 1.165) is 0 Å². The van der Waals surface area contributed by atoms with Crippen LogP contribution in [0.2, 0.25) is 0 Å². The van der Waals surface area contributed by atoms with E-state index in [2.05, 4.69) is 31.7 Å². The monoisotopic (exact) mass is 834 g/mol. The number of rotatable bonds is 19. The molecule has 0 radical (unpaired) electrons. The van der Waals surface area contributed by atoms with Gasteiger partial charge in [0, 0.05) is 0 Å². The highest BCUT2D eigenvalue weighted by molar-refractivity contribution is 7.48. The van der Waals surface area contributed by atoms with Crippen molar-refractivity contribution in [1.29, 1.82) is 0 Å². The lowest BCUT2D eigenvalue weighted by Crippen LogP contribution is -2.66.